The lowest BCUT2D eigenvalue weighted by atomic mass is 9.95. The normalized spacial score (nSPS) is 12.8. The molecule has 2 rings (SSSR count). The summed E-state index contributed by atoms with van der Waals surface area (Å²) in [5.41, 5.74) is 2.86. The van der Waals surface area contributed by atoms with Crippen molar-refractivity contribution in [3.63, 3.8) is 0 Å². The minimum Gasteiger partial charge on any atom is -0.356 e. The van der Waals surface area contributed by atoms with E-state index in [2.05, 4.69) is 18.1 Å². The van der Waals surface area contributed by atoms with Gasteiger partial charge in [-0.2, -0.15) is 0 Å². The van der Waals surface area contributed by atoms with E-state index in [1.54, 1.807) is 0 Å². The van der Waals surface area contributed by atoms with Crippen LogP contribution in [0.4, 0.5) is 0 Å². The molecule has 1 aromatic heterocycles. The number of aromatic amines is 1. The van der Waals surface area contributed by atoms with E-state index < -0.39 is 0 Å². The van der Waals surface area contributed by atoms with Gasteiger partial charge in [0.15, 0.2) is 0 Å². The summed E-state index contributed by atoms with van der Waals surface area (Å²) in [5.74, 6) is 0. The molecule has 1 N–H and O–H groups in total. The minimum absolute atomic E-state index is 1.09. The van der Waals surface area contributed by atoms with Crippen LogP contribution in [0.3, 0.4) is 0 Å². The molecule has 0 unspecified atom stereocenters. The molecular weight excluding hydrogens is 182 g/mol. The molecule has 15 heavy (non-hydrogen) atoms. The highest BCUT2D eigenvalue weighted by Gasteiger charge is 2.11. The number of hydrogen-bond donors (Lipinski definition) is 1. The molecule has 1 heteroatoms. The Kier molecular flexibility index (Phi) is 6.85. The maximum atomic E-state index is 3.96. The summed E-state index contributed by atoms with van der Waals surface area (Å²) < 4.78 is 0. The molecule has 0 radical (unpaired) electrons. The predicted molar refractivity (Wildman–Crippen MR) is 70.4 cm³/mol. The first kappa shape index (κ1) is 14.0. The molecule has 0 aliphatic heterocycles. The minimum atomic E-state index is 1.09. The fraction of sp³-hybridized carbons (Fsp3) is 0.571. The SMILES string of the molecule is C=c1[nH]c(=C)c2c1CCCC2.CC.CC. The lowest BCUT2D eigenvalue weighted by Gasteiger charge is -2.09. The van der Waals surface area contributed by atoms with E-state index in [4.69, 9.17) is 0 Å². The van der Waals surface area contributed by atoms with Crippen LogP contribution in [0.2, 0.25) is 0 Å². The molecule has 0 spiro atoms. The smallest absolute Gasteiger partial charge is 0.0347 e. The number of H-pyrrole nitrogens is 1. The van der Waals surface area contributed by atoms with E-state index in [0.29, 0.717) is 0 Å². The molecule has 1 aliphatic rings. The summed E-state index contributed by atoms with van der Waals surface area (Å²) in [5, 5.41) is 2.18. The van der Waals surface area contributed by atoms with Crippen LogP contribution in [0.15, 0.2) is 0 Å². The lowest BCUT2D eigenvalue weighted by molar-refractivity contribution is 0.686. The Morgan fingerprint density at radius 1 is 0.800 bits per heavy atom. The first-order valence-corrected chi connectivity index (χ1v) is 6.16. The van der Waals surface area contributed by atoms with Gasteiger partial charge in [0.2, 0.25) is 0 Å². The Labute approximate surface area is 93.9 Å². The van der Waals surface area contributed by atoms with Crippen molar-refractivity contribution in [1.82, 2.24) is 4.98 Å². The zero-order chi connectivity index (χ0) is 11.8. The third kappa shape index (κ3) is 3.26. The summed E-state index contributed by atoms with van der Waals surface area (Å²) in [7, 11) is 0. The van der Waals surface area contributed by atoms with Gasteiger partial charge in [0.25, 0.3) is 0 Å². The third-order valence-corrected chi connectivity index (χ3v) is 2.50. The van der Waals surface area contributed by atoms with Crippen LogP contribution in [0, 0.1) is 0 Å². The molecule has 0 bridgehead atoms. The Morgan fingerprint density at radius 2 is 1.13 bits per heavy atom. The Morgan fingerprint density at radius 3 is 1.47 bits per heavy atom. The zero-order valence-electron chi connectivity index (χ0n) is 10.7. The van der Waals surface area contributed by atoms with Crippen molar-refractivity contribution >= 4 is 13.2 Å². The quantitative estimate of drug-likeness (QED) is 0.673. The highest BCUT2D eigenvalue weighted by atomic mass is 14.7. The third-order valence-electron chi connectivity index (χ3n) is 2.50. The van der Waals surface area contributed by atoms with Crippen LogP contribution in [0.25, 0.3) is 13.2 Å². The van der Waals surface area contributed by atoms with Gasteiger partial charge in [-0.05, 0) is 36.8 Å². The number of aromatic nitrogens is 1. The average Bonchev–Trinajstić information content (AvgIpc) is 2.61. The first-order chi connectivity index (χ1) is 7.29. The van der Waals surface area contributed by atoms with E-state index in [1.165, 1.54) is 36.8 Å². The summed E-state index contributed by atoms with van der Waals surface area (Å²) in [4.78, 5) is 3.20. The highest BCUT2D eigenvalue weighted by Crippen LogP contribution is 2.13. The Bertz CT molecular complexity index is 325. The molecule has 86 valence electrons. The fourth-order valence-corrected chi connectivity index (χ4v) is 1.90. The molecule has 1 nitrogen and oxygen atoms in total. The van der Waals surface area contributed by atoms with Gasteiger partial charge in [-0.3, -0.25) is 0 Å². The van der Waals surface area contributed by atoms with Crippen LogP contribution in [0.1, 0.15) is 51.7 Å². The molecule has 0 fully saturated rings. The van der Waals surface area contributed by atoms with Gasteiger partial charge in [-0.25, -0.2) is 0 Å². The molecule has 1 heterocycles. The van der Waals surface area contributed by atoms with Gasteiger partial charge in [0.05, 0.1) is 0 Å². The molecule has 0 aromatic carbocycles. The van der Waals surface area contributed by atoms with Crippen LogP contribution in [-0.4, -0.2) is 4.98 Å². The Hall–Kier alpha value is -0.980. The summed E-state index contributed by atoms with van der Waals surface area (Å²) in [6, 6.07) is 0. The van der Waals surface area contributed by atoms with Gasteiger partial charge in [0.1, 0.15) is 0 Å². The van der Waals surface area contributed by atoms with E-state index >= 15 is 0 Å². The van der Waals surface area contributed by atoms with Gasteiger partial charge in [0, 0.05) is 10.7 Å². The molecule has 1 aromatic rings. The molecule has 1 aliphatic carbocycles. The van der Waals surface area contributed by atoms with E-state index in [9.17, 15) is 0 Å². The van der Waals surface area contributed by atoms with Crippen molar-refractivity contribution in [2.45, 2.75) is 53.4 Å². The second-order valence-corrected chi connectivity index (χ2v) is 3.25. The largest absolute Gasteiger partial charge is 0.356 e. The highest BCUT2D eigenvalue weighted by molar-refractivity contribution is 5.31. The van der Waals surface area contributed by atoms with Crippen LogP contribution in [-0.2, 0) is 12.8 Å². The van der Waals surface area contributed by atoms with Crippen molar-refractivity contribution < 1.29 is 0 Å². The standard InChI is InChI=1S/C10H13N.2C2H6/c1-7-9-5-3-4-6-10(9)8(2)11-7;2*1-2/h11H,1-6H2;2*1-2H3. The van der Waals surface area contributed by atoms with Crippen molar-refractivity contribution in [2.24, 2.45) is 0 Å². The first-order valence-electron chi connectivity index (χ1n) is 6.16. The summed E-state index contributed by atoms with van der Waals surface area (Å²) in [6.45, 7) is 15.9. The number of hydrogen-bond acceptors (Lipinski definition) is 0. The predicted octanol–water partition coefficient (Wildman–Crippen LogP) is 2.77. The van der Waals surface area contributed by atoms with E-state index in [-0.39, 0.29) is 0 Å². The van der Waals surface area contributed by atoms with Gasteiger partial charge >= 0.3 is 0 Å². The number of rotatable bonds is 0. The monoisotopic (exact) mass is 207 g/mol. The van der Waals surface area contributed by atoms with Crippen LogP contribution in [0.5, 0.6) is 0 Å². The lowest BCUT2D eigenvalue weighted by Crippen LogP contribution is -2.10. The molecule has 0 atom stereocenters. The maximum Gasteiger partial charge on any atom is 0.0347 e. The zero-order valence-corrected chi connectivity index (χ0v) is 10.7. The second-order valence-electron chi connectivity index (χ2n) is 3.25. The summed E-state index contributed by atoms with van der Waals surface area (Å²) in [6.07, 6.45) is 5.01. The topological polar surface area (TPSA) is 15.8 Å². The van der Waals surface area contributed by atoms with Crippen LogP contribution >= 0.6 is 0 Å². The Balaban J connectivity index is 0.000000442. The van der Waals surface area contributed by atoms with Crippen molar-refractivity contribution in [2.75, 3.05) is 0 Å². The van der Waals surface area contributed by atoms with Crippen molar-refractivity contribution in [3.05, 3.63) is 21.8 Å². The number of fused-ring (bicyclic) bond motifs is 1. The van der Waals surface area contributed by atoms with Crippen molar-refractivity contribution in [1.29, 1.82) is 0 Å². The fourth-order valence-electron chi connectivity index (χ4n) is 1.90. The van der Waals surface area contributed by atoms with E-state index in [0.717, 1.165) is 10.7 Å². The average molecular weight is 207 g/mol. The number of nitrogens with one attached hydrogen (secondary N) is 1. The molecular formula is C14H25N. The van der Waals surface area contributed by atoms with Crippen LogP contribution < -0.4 is 10.7 Å². The molecule has 0 saturated carbocycles. The molecule has 0 saturated heterocycles. The van der Waals surface area contributed by atoms with E-state index in [1.807, 2.05) is 27.7 Å². The second kappa shape index (κ2) is 7.33. The summed E-state index contributed by atoms with van der Waals surface area (Å²) >= 11 is 0. The molecule has 0 amide bonds. The van der Waals surface area contributed by atoms with Gasteiger partial charge < -0.3 is 4.98 Å². The van der Waals surface area contributed by atoms with Crippen molar-refractivity contribution in [3.8, 4) is 0 Å². The van der Waals surface area contributed by atoms with Gasteiger partial charge in [-0.1, -0.05) is 40.9 Å². The maximum absolute atomic E-state index is 3.96. The van der Waals surface area contributed by atoms with Gasteiger partial charge in [-0.15, -0.1) is 0 Å².